The minimum absolute atomic E-state index is 0.258. The molecule has 0 unspecified atom stereocenters. The van der Waals surface area contributed by atoms with Crippen molar-refractivity contribution in [3.05, 3.63) is 47.5 Å². The molecule has 8 nitrogen and oxygen atoms in total. The van der Waals surface area contributed by atoms with Gasteiger partial charge in [-0.3, -0.25) is 4.79 Å². The van der Waals surface area contributed by atoms with E-state index in [0.717, 1.165) is 11.1 Å². The first-order valence-corrected chi connectivity index (χ1v) is 8.87. The number of benzene rings is 2. The first kappa shape index (κ1) is 21.9. The van der Waals surface area contributed by atoms with Crippen molar-refractivity contribution in [3.8, 4) is 23.0 Å². The van der Waals surface area contributed by atoms with E-state index >= 15 is 0 Å². The highest BCUT2D eigenvalue weighted by atomic mass is 16.6. The number of amides is 1. The van der Waals surface area contributed by atoms with Gasteiger partial charge in [-0.05, 0) is 42.3 Å². The molecule has 0 aliphatic rings. The number of carbonyl (C=O) groups excluding carboxylic acids is 2. The van der Waals surface area contributed by atoms with Crippen LogP contribution in [0.4, 0.5) is 0 Å². The third-order valence-electron chi connectivity index (χ3n) is 3.97. The van der Waals surface area contributed by atoms with Crippen molar-refractivity contribution >= 4 is 11.9 Å². The molecule has 0 heterocycles. The summed E-state index contributed by atoms with van der Waals surface area (Å²) in [6, 6.07) is 10.6. The number of nitrogens with one attached hydrogen (secondary N) is 1. The first-order chi connectivity index (χ1) is 14.0. The molecule has 0 fully saturated rings. The summed E-state index contributed by atoms with van der Waals surface area (Å²) in [4.78, 5) is 23.7. The van der Waals surface area contributed by atoms with Crippen molar-refractivity contribution in [2.45, 2.75) is 13.5 Å². The van der Waals surface area contributed by atoms with Crippen LogP contribution in [-0.2, 0) is 20.9 Å². The maximum Gasteiger partial charge on any atom is 0.344 e. The fourth-order valence-electron chi connectivity index (χ4n) is 2.46. The van der Waals surface area contributed by atoms with Gasteiger partial charge in [0.2, 0.25) is 0 Å². The molecule has 2 aromatic carbocycles. The SMILES string of the molecule is COc1ccc(CNC(=O)COC(=O)COc2ccc(C)cc2OC)cc1OC. The van der Waals surface area contributed by atoms with Gasteiger partial charge in [0, 0.05) is 6.54 Å². The molecule has 0 saturated heterocycles. The van der Waals surface area contributed by atoms with Crippen LogP contribution in [0.1, 0.15) is 11.1 Å². The Morgan fingerprint density at radius 2 is 1.48 bits per heavy atom. The molecule has 1 amide bonds. The highest BCUT2D eigenvalue weighted by Crippen LogP contribution is 2.28. The van der Waals surface area contributed by atoms with Crippen LogP contribution in [0, 0.1) is 6.92 Å². The standard InChI is InChI=1S/C21H25NO7/c1-14-5-7-17(18(9-14)26-3)28-13-21(24)29-12-20(23)22-11-15-6-8-16(25-2)19(10-15)27-4/h5-10H,11-13H2,1-4H3,(H,22,23). The number of hydrogen-bond donors (Lipinski definition) is 1. The van der Waals surface area contributed by atoms with Gasteiger partial charge in [-0.1, -0.05) is 12.1 Å². The molecule has 0 spiro atoms. The van der Waals surface area contributed by atoms with E-state index in [1.165, 1.54) is 14.2 Å². The van der Waals surface area contributed by atoms with Crippen molar-refractivity contribution in [2.75, 3.05) is 34.5 Å². The predicted molar refractivity (Wildman–Crippen MR) is 106 cm³/mol. The third-order valence-corrected chi connectivity index (χ3v) is 3.97. The number of methoxy groups -OCH3 is 3. The van der Waals surface area contributed by atoms with Crippen molar-refractivity contribution in [1.82, 2.24) is 5.32 Å². The fraction of sp³-hybridized carbons (Fsp3) is 0.333. The van der Waals surface area contributed by atoms with E-state index in [-0.39, 0.29) is 13.2 Å². The van der Waals surface area contributed by atoms with E-state index in [1.807, 2.05) is 13.0 Å². The summed E-state index contributed by atoms with van der Waals surface area (Å²) in [5.41, 5.74) is 1.82. The van der Waals surface area contributed by atoms with E-state index < -0.39 is 18.5 Å². The minimum atomic E-state index is -0.658. The highest BCUT2D eigenvalue weighted by molar-refractivity contribution is 5.80. The zero-order valence-electron chi connectivity index (χ0n) is 16.9. The van der Waals surface area contributed by atoms with Crippen LogP contribution in [0.5, 0.6) is 23.0 Å². The smallest absolute Gasteiger partial charge is 0.344 e. The topological polar surface area (TPSA) is 92.3 Å². The lowest BCUT2D eigenvalue weighted by atomic mass is 10.2. The summed E-state index contributed by atoms with van der Waals surface area (Å²) in [5, 5.41) is 2.67. The second kappa shape index (κ2) is 10.8. The Balaban J connectivity index is 1.75. The van der Waals surface area contributed by atoms with Gasteiger partial charge in [0.25, 0.3) is 5.91 Å². The molecule has 1 N–H and O–H groups in total. The summed E-state index contributed by atoms with van der Waals surface area (Å²) < 4.78 is 25.9. The number of aryl methyl sites for hydroxylation is 1. The van der Waals surface area contributed by atoms with Crippen LogP contribution in [0.15, 0.2) is 36.4 Å². The summed E-state index contributed by atoms with van der Waals surface area (Å²) in [6.07, 6.45) is 0. The normalized spacial score (nSPS) is 10.1. The molecule has 0 atom stereocenters. The van der Waals surface area contributed by atoms with Gasteiger partial charge in [-0.15, -0.1) is 0 Å². The minimum Gasteiger partial charge on any atom is -0.493 e. The van der Waals surface area contributed by atoms with Crippen molar-refractivity contribution in [2.24, 2.45) is 0 Å². The Hall–Kier alpha value is -3.42. The molecule has 0 bridgehead atoms. The molecule has 29 heavy (non-hydrogen) atoms. The monoisotopic (exact) mass is 403 g/mol. The second-order valence-electron chi connectivity index (χ2n) is 6.07. The zero-order chi connectivity index (χ0) is 21.2. The molecule has 8 heteroatoms. The van der Waals surface area contributed by atoms with Gasteiger partial charge >= 0.3 is 5.97 Å². The number of esters is 1. The number of carbonyl (C=O) groups is 2. The maximum absolute atomic E-state index is 11.9. The Morgan fingerprint density at radius 3 is 2.17 bits per heavy atom. The van der Waals surface area contributed by atoms with Gasteiger partial charge in [0.05, 0.1) is 21.3 Å². The van der Waals surface area contributed by atoms with Gasteiger partial charge in [-0.2, -0.15) is 0 Å². The van der Waals surface area contributed by atoms with Crippen LogP contribution in [-0.4, -0.2) is 46.4 Å². The maximum atomic E-state index is 11.9. The van der Waals surface area contributed by atoms with Gasteiger partial charge < -0.3 is 29.0 Å². The van der Waals surface area contributed by atoms with Crippen LogP contribution < -0.4 is 24.3 Å². The average Bonchev–Trinajstić information content (AvgIpc) is 2.74. The molecule has 2 rings (SSSR count). The molecule has 0 aliphatic heterocycles. The van der Waals surface area contributed by atoms with Gasteiger partial charge in [0.15, 0.2) is 36.2 Å². The van der Waals surface area contributed by atoms with E-state index in [9.17, 15) is 9.59 Å². The Bertz CT molecular complexity index is 851. The van der Waals surface area contributed by atoms with E-state index in [0.29, 0.717) is 23.0 Å². The number of rotatable bonds is 10. The number of ether oxygens (including phenoxy) is 5. The summed E-state index contributed by atoms with van der Waals surface area (Å²) >= 11 is 0. The van der Waals surface area contributed by atoms with Crippen molar-refractivity contribution < 1.29 is 33.3 Å². The molecule has 0 radical (unpaired) electrons. The molecule has 0 aliphatic carbocycles. The van der Waals surface area contributed by atoms with Crippen molar-refractivity contribution in [1.29, 1.82) is 0 Å². The Morgan fingerprint density at radius 1 is 0.828 bits per heavy atom. The average molecular weight is 403 g/mol. The second-order valence-corrected chi connectivity index (χ2v) is 6.07. The van der Waals surface area contributed by atoms with E-state index in [4.69, 9.17) is 23.7 Å². The van der Waals surface area contributed by atoms with Crippen molar-refractivity contribution in [3.63, 3.8) is 0 Å². The van der Waals surface area contributed by atoms with Crippen LogP contribution in [0.2, 0.25) is 0 Å². The van der Waals surface area contributed by atoms with Crippen LogP contribution in [0.25, 0.3) is 0 Å². The van der Waals surface area contributed by atoms with Crippen LogP contribution >= 0.6 is 0 Å². The van der Waals surface area contributed by atoms with Crippen LogP contribution in [0.3, 0.4) is 0 Å². The summed E-state index contributed by atoms with van der Waals surface area (Å²) in [6.45, 7) is 1.44. The molecule has 0 aromatic heterocycles. The fourth-order valence-corrected chi connectivity index (χ4v) is 2.46. The summed E-state index contributed by atoms with van der Waals surface area (Å²) in [5.74, 6) is 1.02. The van der Waals surface area contributed by atoms with E-state index in [1.54, 1.807) is 37.4 Å². The molecular formula is C21H25NO7. The first-order valence-electron chi connectivity index (χ1n) is 8.87. The van der Waals surface area contributed by atoms with E-state index in [2.05, 4.69) is 5.32 Å². The third kappa shape index (κ3) is 6.60. The molecular weight excluding hydrogens is 378 g/mol. The Kier molecular flexibility index (Phi) is 8.14. The number of hydrogen-bond acceptors (Lipinski definition) is 7. The van der Waals surface area contributed by atoms with Gasteiger partial charge in [-0.25, -0.2) is 4.79 Å². The Labute approximate surface area is 169 Å². The molecule has 0 saturated carbocycles. The highest BCUT2D eigenvalue weighted by Gasteiger charge is 2.11. The lowest BCUT2D eigenvalue weighted by Gasteiger charge is -2.12. The lowest BCUT2D eigenvalue weighted by Crippen LogP contribution is -2.29. The quantitative estimate of drug-likeness (QED) is 0.608. The lowest BCUT2D eigenvalue weighted by molar-refractivity contribution is -0.150. The molecule has 2 aromatic rings. The summed E-state index contributed by atoms with van der Waals surface area (Å²) in [7, 11) is 4.60. The zero-order valence-corrected chi connectivity index (χ0v) is 16.9. The predicted octanol–water partition coefficient (Wildman–Crippen LogP) is 2.26. The van der Waals surface area contributed by atoms with Gasteiger partial charge in [0.1, 0.15) is 0 Å². The largest absolute Gasteiger partial charge is 0.493 e. The molecule has 156 valence electrons.